The standard InChI is InChI=1S/C18H21F2N3OS/c1-13-22-16-5-2-3-6-17(16)23(13)10-4-9-21-11-14-7-8-15(24-14)12-25-18(19)20/h2-3,5-8,18,21H,4,9-12H2,1H3. The van der Waals surface area contributed by atoms with Crippen molar-refractivity contribution in [1.29, 1.82) is 0 Å². The van der Waals surface area contributed by atoms with Gasteiger partial charge in [0.05, 0.1) is 23.3 Å². The Morgan fingerprint density at radius 1 is 1.20 bits per heavy atom. The fourth-order valence-corrected chi connectivity index (χ4v) is 3.24. The highest BCUT2D eigenvalue weighted by molar-refractivity contribution is 7.98. The average Bonchev–Trinajstić information content (AvgIpc) is 3.17. The number of hydrogen-bond acceptors (Lipinski definition) is 4. The molecular weight excluding hydrogens is 344 g/mol. The highest BCUT2D eigenvalue weighted by Crippen LogP contribution is 2.21. The van der Waals surface area contributed by atoms with Crippen LogP contribution in [0.15, 0.2) is 40.8 Å². The first kappa shape index (κ1) is 17.9. The van der Waals surface area contributed by atoms with Gasteiger partial charge in [-0.2, -0.15) is 8.78 Å². The number of rotatable bonds is 9. The Morgan fingerprint density at radius 3 is 2.84 bits per heavy atom. The van der Waals surface area contributed by atoms with Gasteiger partial charge in [-0.25, -0.2) is 4.98 Å². The quantitative estimate of drug-likeness (QED) is 0.564. The number of nitrogens with one attached hydrogen (secondary N) is 1. The molecule has 0 aliphatic heterocycles. The van der Waals surface area contributed by atoms with E-state index in [-0.39, 0.29) is 5.75 Å². The zero-order valence-electron chi connectivity index (χ0n) is 14.0. The molecule has 0 amide bonds. The number of fused-ring (bicyclic) bond motifs is 1. The first-order valence-electron chi connectivity index (χ1n) is 8.23. The number of aryl methyl sites for hydroxylation is 2. The summed E-state index contributed by atoms with van der Waals surface area (Å²) in [4.78, 5) is 4.56. The molecule has 2 heterocycles. The molecular formula is C18H21F2N3OS. The average molecular weight is 365 g/mol. The van der Waals surface area contributed by atoms with Crippen LogP contribution in [0.2, 0.25) is 0 Å². The number of benzene rings is 1. The summed E-state index contributed by atoms with van der Waals surface area (Å²) < 4.78 is 32.1. The Morgan fingerprint density at radius 2 is 2.00 bits per heavy atom. The number of alkyl halides is 2. The molecule has 1 N–H and O–H groups in total. The van der Waals surface area contributed by atoms with Crippen molar-refractivity contribution in [1.82, 2.24) is 14.9 Å². The van der Waals surface area contributed by atoms with E-state index in [0.29, 0.717) is 24.1 Å². The fourth-order valence-electron chi connectivity index (χ4n) is 2.79. The molecule has 2 aromatic heterocycles. The summed E-state index contributed by atoms with van der Waals surface area (Å²) in [7, 11) is 0. The van der Waals surface area contributed by atoms with Crippen molar-refractivity contribution in [3.63, 3.8) is 0 Å². The Kier molecular flexibility index (Phi) is 6.09. The summed E-state index contributed by atoms with van der Waals surface area (Å²) in [5.41, 5.74) is 2.19. The largest absolute Gasteiger partial charge is 0.464 e. The van der Waals surface area contributed by atoms with Gasteiger partial charge in [0.25, 0.3) is 5.76 Å². The molecule has 0 fully saturated rings. The lowest BCUT2D eigenvalue weighted by Crippen LogP contribution is -2.16. The zero-order valence-corrected chi connectivity index (χ0v) is 14.9. The van der Waals surface area contributed by atoms with Crippen LogP contribution >= 0.6 is 11.8 Å². The second-order valence-corrected chi connectivity index (χ2v) is 6.75. The van der Waals surface area contributed by atoms with Crippen molar-refractivity contribution in [2.24, 2.45) is 0 Å². The molecule has 1 aromatic carbocycles. The summed E-state index contributed by atoms with van der Waals surface area (Å²) in [5.74, 6) is 0.213. The molecule has 0 saturated heterocycles. The smallest absolute Gasteiger partial charge is 0.284 e. The molecule has 0 bridgehead atoms. The summed E-state index contributed by atoms with van der Waals surface area (Å²) in [6.45, 7) is 4.36. The van der Waals surface area contributed by atoms with Gasteiger partial charge < -0.3 is 14.3 Å². The van der Waals surface area contributed by atoms with E-state index in [0.717, 1.165) is 42.1 Å². The Balaban J connectivity index is 1.42. The van der Waals surface area contributed by atoms with Crippen molar-refractivity contribution >= 4 is 22.8 Å². The third kappa shape index (κ3) is 4.83. The van der Waals surface area contributed by atoms with Gasteiger partial charge in [-0.1, -0.05) is 23.9 Å². The van der Waals surface area contributed by atoms with Crippen molar-refractivity contribution < 1.29 is 13.2 Å². The highest BCUT2D eigenvalue weighted by atomic mass is 32.2. The number of halogens is 2. The van der Waals surface area contributed by atoms with Crippen LogP contribution in [0.3, 0.4) is 0 Å². The van der Waals surface area contributed by atoms with E-state index in [1.807, 2.05) is 31.2 Å². The maximum atomic E-state index is 12.2. The van der Waals surface area contributed by atoms with Crippen LogP contribution in [0.5, 0.6) is 0 Å². The van der Waals surface area contributed by atoms with Crippen LogP contribution in [-0.4, -0.2) is 21.9 Å². The van der Waals surface area contributed by atoms with Gasteiger partial charge in [-0.15, -0.1) is 0 Å². The SMILES string of the molecule is Cc1nc2ccccc2n1CCCNCc1ccc(CSC(F)F)o1. The lowest BCUT2D eigenvalue weighted by Gasteiger charge is -2.07. The van der Waals surface area contributed by atoms with E-state index in [4.69, 9.17) is 4.42 Å². The zero-order chi connectivity index (χ0) is 17.6. The number of para-hydroxylation sites is 2. The van der Waals surface area contributed by atoms with Gasteiger partial charge in [0.15, 0.2) is 0 Å². The number of imidazole rings is 1. The van der Waals surface area contributed by atoms with Crippen molar-refractivity contribution in [3.8, 4) is 0 Å². The number of hydrogen-bond donors (Lipinski definition) is 1. The van der Waals surface area contributed by atoms with Gasteiger partial charge in [-0.05, 0) is 44.2 Å². The lowest BCUT2D eigenvalue weighted by molar-refractivity contribution is 0.251. The van der Waals surface area contributed by atoms with Crippen molar-refractivity contribution in [2.75, 3.05) is 6.54 Å². The first-order chi connectivity index (χ1) is 12.1. The molecule has 134 valence electrons. The summed E-state index contributed by atoms with van der Waals surface area (Å²) in [6, 6.07) is 11.7. The van der Waals surface area contributed by atoms with E-state index in [1.54, 1.807) is 6.07 Å². The molecule has 0 radical (unpaired) electrons. The van der Waals surface area contributed by atoms with Crippen LogP contribution in [0.1, 0.15) is 23.8 Å². The molecule has 4 nitrogen and oxygen atoms in total. The summed E-state index contributed by atoms with van der Waals surface area (Å²) in [5, 5.41) is 3.33. The van der Waals surface area contributed by atoms with Crippen LogP contribution in [0.25, 0.3) is 11.0 Å². The minimum Gasteiger partial charge on any atom is -0.464 e. The van der Waals surface area contributed by atoms with E-state index >= 15 is 0 Å². The van der Waals surface area contributed by atoms with E-state index in [2.05, 4.69) is 20.9 Å². The molecule has 3 aromatic rings. The van der Waals surface area contributed by atoms with Gasteiger partial charge in [0.1, 0.15) is 17.3 Å². The predicted molar refractivity (Wildman–Crippen MR) is 96.8 cm³/mol. The Hall–Kier alpha value is -1.86. The van der Waals surface area contributed by atoms with Gasteiger partial charge >= 0.3 is 0 Å². The van der Waals surface area contributed by atoms with Gasteiger partial charge in [-0.3, -0.25) is 0 Å². The summed E-state index contributed by atoms with van der Waals surface area (Å²) >= 11 is 0.574. The third-order valence-electron chi connectivity index (χ3n) is 3.95. The predicted octanol–water partition coefficient (Wildman–Crippen LogP) is 4.57. The minimum atomic E-state index is -2.37. The van der Waals surface area contributed by atoms with E-state index in [1.165, 1.54) is 0 Å². The molecule has 25 heavy (non-hydrogen) atoms. The molecule has 0 atom stereocenters. The van der Waals surface area contributed by atoms with E-state index < -0.39 is 5.76 Å². The molecule has 0 aliphatic rings. The molecule has 7 heteroatoms. The molecule has 0 spiro atoms. The molecule has 0 aliphatic carbocycles. The highest BCUT2D eigenvalue weighted by Gasteiger charge is 2.08. The first-order valence-corrected chi connectivity index (χ1v) is 9.28. The number of aromatic nitrogens is 2. The van der Waals surface area contributed by atoms with Crippen molar-refractivity contribution in [3.05, 3.63) is 53.7 Å². The molecule has 0 unspecified atom stereocenters. The Labute approximate surface area is 149 Å². The molecule has 3 rings (SSSR count). The third-order valence-corrected chi connectivity index (χ3v) is 4.65. The normalized spacial score (nSPS) is 11.7. The molecule has 0 saturated carbocycles. The minimum absolute atomic E-state index is 0.199. The van der Waals surface area contributed by atoms with Gasteiger partial charge in [0.2, 0.25) is 0 Å². The second-order valence-electron chi connectivity index (χ2n) is 5.77. The second kappa shape index (κ2) is 8.49. The summed E-state index contributed by atoms with van der Waals surface area (Å²) in [6.07, 6.45) is 0.968. The maximum absolute atomic E-state index is 12.2. The number of furan rings is 1. The Bertz CT molecular complexity index is 816. The van der Waals surface area contributed by atoms with E-state index in [9.17, 15) is 8.78 Å². The van der Waals surface area contributed by atoms with Crippen LogP contribution < -0.4 is 5.32 Å². The van der Waals surface area contributed by atoms with Crippen LogP contribution in [0, 0.1) is 6.92 Å². The van der Waals surface area contributed by atoms with Crippen LogP contribution in [0.4, 0.5) is 8.78 Å². The van der Waals surface area contributed by atoms with Gasteiger partial charge in [0, 0.05) is 6.54 Å². The fraction of sp³-hybridized carbons (Fsp3) is 0.389. The topological polar surface area (TPSA) is 43.0 Å². The number of thioether (sulfide) groups is 1. The van der Waals surface area contributed by atoms with Crippen LogP contribution in [-0.2, 0) is 18.8 Å². The monoisotopic (exact) mass is 365 g/mol. The number of nitrogens with zero attached hydrogens (tertiary/aromatic N) is 2. The van der Waals surface area contributed by atoms with Crippen molar-refractivity contribution in [2.45, 2.75) is 37.9 Å². The lowest BCUT2D eigenvalue weighted by atomic mass is 10.3. The maximum Gasteiger partial charge on any atom is 0.284 e.